The van der Waals surface area contributed by atoms with E-state index in [0.717, 1.165) is 38.2 Å². The summed E-state index contributed by atoms with van der Waals surface area (Å²) in [6.45, 7) is 6.47. The predicted octanol–water partition coefficient (Wildman–Crippen LogP) is 2.99. The molecule has 3 rings (SSSR count). The third-order valence-electron chi connectivity index (χ3n) is 5.89. The summed E-state index contributed by atoms with van der Waals surface area (Å²) < 4.78 is 5.51. The lowest BCUT2D eigenvalue weighted by atomic mass is 9.91. The maximum Gasteiger partial charge on any atom is 0.162 e. The Bertz CT molecular complexity index is 560. The first-order valence-corrected chi connectivity index (χ1v) is 10.3. The van der Waals surface area contributed by atoms with Crippen molar-refractivity contribution in [3.63, 3.8) is 0 Å². The smallest absolute Gasteiger partial charge is 0.162 e. The van der Waals surface area contributed by atoms with Crippen molar-refractivity contribution in [3.8, 4) is 11.5 Å². The number of rotatable bonds is 7. The quantitative estimate of drug-likeness (QED) is 0.781. The molecule has 1 saturated carbocycles. The third kappa shape index (κ3) is 4.70. The second-order valence-corrected chi connectivity index (χ2v) is 7.63. The zero-order chi connectivity index (χ0) is 18.4. The summed E-state index contributed by atoms with van der Waals surface area (Å²) >= 11 is 0. The van der Waals surface area contributed by atoms with Crippen LogP contribution >= 0.6 is 0 Å². The van der Waals surface area contributed by atoms with Gasteiger partial charge in [0.25, 0.3) is 0 Å². The van der Waals surface area contributed by atoms with E-state index in [-0.39, 0.29) is 12.4 Å². The van der Waals surface area contributed by atoms with Crippen LogP contribution < -0.4 is 4.74 Å². The molecule has 1 heterocycles. The van der Waals surface area contributed by atoms with Gasteiger partial charge in [0.05, 0.1) is 6.61 Å². The second-order valence-electron chi connectivity index (χ2n) is 7.63. The van der Waals surface area contributed by atoms with Gasteiger partial charge in [0.2, 0.25) is 0 Å². The Kier molecular flexibility index (Phi) is 7.17. The summed E-state index contributed by atoms with van der Waals surface area (Å²) in [6.07, 6.45) is 7.50. The number of hydrogen-bond acceptors (Lipinski definition) is 5. The number of piperazine rings is 1. The summed E-state index contributed by atoms with van der Waals surface area (Å²) in [6, 6.07) is 6.85. The standard InChI is InChI=1S/C21H34N2O3/c1-2-26-20-10-6-7-17(21(20)25)15-22-12-13-23(19(16-22)11-14-24)18-8-4-3-5-9-18/h6-7,10,18-19,24-25H,2-5,8-9,11-16H2,1H3. The van der Waals surface area contributed by atoms with E-state index >= 15 is 0 Å². The minimum atomic E-state index is 0.243. The van der Waals surface area contributed by atoms with Gasteiger partial charge in [0, 0.05) is 50.4 Å². The fourth-order valence-electron chi connectivity index (χ4n) is 4.59. The molecule has 0 amide bonds. The number of aliphatic hydroxyl groups is 1. The van der Waals surface area contributed by atoms with Crippen molar-refractivity contribution in [1.82, 2.24) is 9.80 Å². The van der Waals surface area contributed by atoms with Crippen molar-refractivity contribution in [2.24, 2.45) is 0 Å². The number of hydrogen-bond donors (Lipinski definition) is 2. The Morgan fingerprint density at radius 3 is 2.69 bits per heavy atom. The van der Waals surface area contributed by atoms with Crippen LogP contribution in [0.2, 0.25) is 0 Å². The molecule has 2 fully saturated rings. The normalized spacial score (nSPS) is 23.2. The van der Waals surface area contributed by atoms with Crippen LogP contribution in [-0.4, -0.2) is 64.9 Å². The van der Waals surface area contributed by atoms with Crippen LogP contribution in [0.5, 0.6) is 11.5 Å². The topological polar surface area (TPSA) is 56.2 Å². The van der Waals surface area contributed by atoms with Crippen LogP contribution in [0.25, 0.3) is 0 Å². The number of nitrogens with zero attached hydrogens (tertiary/aromatic N) is 2. The van der Waals surface area contributed by atoms with Gasteiger partial charge in [-0.05, 0) is 32.3 Å². The van der Waals surface area contributed by atoms with E-state index < -0.39 is 0 Å². The van der Waals surface area contributed by atoms with E-state index in [0.29, 0.717) is 24.4 Å². The molecule has 0 radical (unpaired) electrons. The molecule has 1 aromatic carbocycles. The molecule has 26 heavy (non-hydrogen) atoms. The maximum absolute atomic E-state index is 10.5. The molecule has 0 spiro atoms. The lowest BCUT2D eigenvalue weighted by molar-refractivity contribution is 0.0134. The number of para-hydroxylation sites is 1. The summed E-state index contributed by atoms with van der Waals surface area (Å²) in [5, 5.41) is 20.0. The highest BCUT2D eigenvalue weighted by molar-refractivity contribution is 5.45. The van der Waals surface area contributed by atoms with Gasteiger partial charge in [-0.15, -0.1) is 0 Å². The largest absolute Gasteiger partial charge is 0.504 e. The van der Waals surface area contributed by atoms with Crippen LogP contribution in [-0.2, 0) is 6.54 Å². The van der Waals surface area contributed by atoms with Gasteiger partial charge < -0.3 is 14.9 Å². The maximum atomic E-state index is 10.5. The van der Waals surface area contributed by atoms with Gasteiger partial charge in [0.15, 0.2) is 11.5 Å². The number of aliphatic hydroxyl groups excluding tert-OH is 1. The van der Waals surface area contributed by atoms with Crippen molar-refractivity contribution in [3.05, 3.63) is 23.8 Å². The van der Waals surface area contributed by atoms with Gasteiger partial charge in [-0.2, -0.15) is 0 Å². The fourth-order valence-corrected chi connectivity index (χ4v) is 4.59. The average Bonchev–Trinajstić information content (AvgIpc) is 2.66. The highest BCUT2D eigenvalue weighted by Gasteiger charge is 2.32. The fraction of sp³-hybridized carbons (Fsp3) is 0.714. The molecule has 0 bridgehead atoms. The minimum Gasteiger partial charge on any atom is -0.504 e. The molecular formula is C21H34N2O3. The van der Waals surface area contributed by atoms with E-state index in [2.05, 4.69) is 9.80 Å². The number of phenolic OH excluding ortho intramolecular Hbond substituents is 1. The van der Waals surface area contributed by atoms with E-state index in [9.17, 15) is 10.2 Å². The molecular weight excluding hydrogens is 328 g/mol. The second kappa shape index (κ2) is 9.58. The molecule has 1 saturated heterocycles. The number of ether oxygens (including phenoxy) is 1. The SMILES string of the molecule is CCOc1cccc(CN2CCN(C3CCCCC3)C(CCO)C2)c1O. The van der Waals surface area contributed by atoms with Gasteiger partial charge in [-0.1, -0.05) is 31.4 Å². The minimum absolute atomic E-state index is 0.243. The molecule has 2 N–H and O–H groups in total. The first-order valence-electron chi connectivity index (χ1n) is 10.3. The monoisotopic (exact) mass is 362 g/mol. The van der Waals surface area contributed by atoms with Crippen molar-refractivity contribution >= 4 is 0 Å². The van der Waals surface area contributed by atoms with E-state index in [1.165, 1.54) is 32.1 Å². The Morgan fingerprint density at radius 2 is 1.96 bits per heavy atom. The van der Waals surface area contributed by atoms with E-state index in [1.807, 2.05) is 25.1 Å². The van der Waals surface area contributed by atoms with Crippen LogP contribution in [0.15, 0.2) is 18.2 Å². The van der Waals surface area contributed by atoms with Gasteiger partial charge in [0.1, 0.15) is 0 Å². The predicted molar refractivity (Wildman–Crippen MR) is 104 cm³/mol. The number of benzene rings is 1. The first-order chi connectivity index (χ1) is 12.7. The highest BCUT2D eigenvalue weighted by atomic mass is 16.5. The molecule has 1 atom stereocenters. The Hall–Kier alpha value is -1.30. The van der Waals surface area contributed by atoms with Gasteiger partial charge in [-0.3, -0.25) is 9.80 Å². The molecule has 5 heteroatoms. The molecule has 2 aliphatic rings. The number of phenols is 1. The Morgan fingerprint density at radius 1 is 1.15 bits per heavy atom. The van der Waals surface area contributed by atoms with Crippen LogP contribution in [0, 0.1) is 0 Å². The third-order valence-corrected chi connectivity index (χ3v) is 5.89. The van der Waals surface area contributed by atoms with Crippen molar-refractivity contribution in [2.45, 2.75) is 64.1 Å². The van der Waals surface area contributed by atoms with E-state index in [1.54, 1.807) is 0 Å². The zero-order valence-electron chi connectivity index (χ0n) is 16.1. The molecule has 0 aromatic heterocycles. The van der Waals surface area contributed by atoms with Gasteiger partial charge >= 0.3 is 0 Å². The molecule has 146 valence electrons. The van der Waals surface area contributed by atoms with Crippen LogP contribution in [0.4, 0.5) is 0 Å². The summed E-state index contributed by atoms with van der Waals surface area (Å²) in [4.78, 5) is 5.06. The molecule has 1 aromatic rings. The first kappa shape index (κ1) is 19.5. The Balaban J connectivity index is 1.64. The summed E-state index contributed by atoms with van der Waals surface area (Å²) in [5.74, 6) is 0.834. The van der Waals surface area contributed by atoms with Crippen LogP contribution in [0.3, 0.4) is 0 Å². The molecule has 1 aliphatic carbocycles. The van der Waals surface area contributed by atoms with E-state index in [4.69, 9.17) is 4.74 Å². The van der Waals surface area contributed by atoms with Gasteiger partial charge in [-0.25, -0.2) is 0 Å². The summed E-state index contributed by atoms with van der Waals surface area (Å²) in [5.41, 5.74) is 0.921. The lowest BCUT2D eigenvalue weighted by Gasteiger charge is -2.46. The lowest BCUT2D eigenvalue weighted by Crippen LogP contribution is -2.56. The highest BCUT2D eigenvalue weighted by Crippen LogP contribution is 2.32. The molecule has 1 aliphatic heterocycles. The zero-order valence-corrected chi connectivity index (χ0v) is 16.1. The molecule has 5 nitrogen and oxygen atoms in total. The van der Waals surface area contributed by atoms with Crippen molar-refractivity contribution in [1.29, 1.82) is 0 Å². The number of aromatic hydroxyl groups is 1. The van der Waals surface area contributed by atoms with Crippen molar-refractivity contribution in [2.75, 3.05) is 32.8 Å². The molecule has 1 unspecified atom stereocenters. The van der Waals surface area contributed by atoms with Crippen LogP contribution in [0.1, 0.15) is 51.0 Å². The average molecular weight is 363 g/mol. The summed E-state index contributed by atoms with van der Waals surface area (Å²) in [7, 11) is 0. The van der Waals surface area contributed by atoms with Crippen molar-refractivity contribution < 1.29 is 14.9 Å². The Labute approximate surface area is 157 Å².